The van der Waals surface area contributed by atoms with Crippen LogP contribution in [-0.2, 0) is 6.61 Å². The molecule has 0 saturated carbocycles. The van der Waals surface area contributed by atoms with Crippen molar-refractivity contribution in [2.24, 2.45) is 11.8 Å². The second-order valence-corrected chi connectivity index (χ2v) is 7.93. The summed E-state index contributed by atoms with van der Waals surface area (Å²) in [5, 5.41) is 4.17. The average Bonchev–Trinajstić information content (AvgIpc) is 3.04. The Balaban J connectivity index is 0.00000225. The molecule has 4 rings (SSSR count). The first-order valence-corrected chi connectivity index (χ1v) is 10.0. The molecule has 2 aliphatic heterocycles. The number of carbonyl (C=O) groups excluding carboxylic acids is 1. The summed E-state index contributed by atoms with van der Waals surface area (Å²) in [4.78, 5) is 15.0. The Labute approximate surface area is 177 Å². The van der Waals surface area contributed by atoms with Gasteiger partial charge >= 0.3 is 0 Å². The number of hydrogen-bond acceptors (Lipinski definition) is 3. The van der Waals surface area contributed by atoms with Crippen LogP contribution in [0.25, 0.3) is 0 Å². The van der Waals surface area contributed by atoms with E-state index in [0.717, 1.165) is 56.4 Å². The molecule has 1 N–H and O–H groups in total. The quantitative estimate of drug-likeness (QED) is 0.795. The van der Waals surface area contributed by atoms with Gasteiger partial charge < -0.3 is 15.0 Å². The number of carbonyl (C=O) groups is 1. The molecule has 4 nitrogen and oxygen atoms in total. The van der Waals surface area contributed by atoms with Crippen LogP contribution in [0, 0.1) is 11.8 Å². The average molecular weight is 421 g/mol. The van der Waals surface area contributed by atoms with Crippen LogP contribution in [-0.4, -0.2) is 37.0 Å². The van der Waals surface area contributed by atoms with E-state index in [1.54, 1.807) is 0 Å². The maximum absolute atomic E-state index is 13.0. The number of fused-ring (bicyclic) bond motifs is 1. The highest BCUT2D eigenvalue weighted by Gasteiger charge is 2.31. The fourth-order valence-electron chi connectivity index (χ4n) is 4.12. The number of rotatable bonds is 4. The third-order valence-electron chi connectivity index (χ3n) is 5.68. The first-order valence-electron chi connectivity index (χ1n) is 9.66. The minimum Gasteiger partial charge on any atom is -0.489 e. The third-order valence-corrected chi connectivity index (χ3v) is 5.92. The molecule has 2 aromatic rings. The lowest BCUT2D eigenvalue weighted by Crippen LogP contribution is -2.32. The minimum atomic E-state index is 0. The summed E-state index contributed by atoms with van der Waals surface area (Å²) in [6, 6.07) is 15.1. The standard InChI is InChI=1S/C22H25ClN2O2.ClH/c23-20-5-1-3-16(11-20)15-27-21-6-2-4-17(12-21)22(26)25-9-7-18-13-24-14-19(18)8-10-25;/h1-6,11-12,18-19,24H,7-10,13-15H2;1H/t18-,19+;. The van der Waals surface area contributed by atoms with Crippen molar-refractivity contribution in [1.29, 1.82) is 0 Å². The van der Waals surface area contributed by atoms with Crippen LogP contribution in [0.3, 0.4) is 0 Å². The van der Waals surface area contributed by atoms with Gasteiger partial charge in [-0.25, -0.2) is 0 Å². The van der Waals surface area contributed by atoms with Crippen molar-refractivity contribution in [3.63, 3.8) is 0 Å². The van der Waals surface area contributed by atoms with Gasteiger partial charge in [0.1, 0.15) is 12.4 Å². The van der Waals surface area contributed by atoms with Gasteiger partial charge in [-0.1, -0.05) is 29.8 Å². The van der Waals surface area contributed by atoms with Crippen LogP contribution in [0.2, 0.25) is 5.02 Å². The number of amides is 1. The van der Waals surface area contributed by atoms with Crippen molar-refractivity contribution in [2.75, 3.05) is 26.2 Å². The van der Waals surface area contributed by atoms with Crippen LogP contribution in [0.15, 0.2) is 48.5 Å². The maximum Gasteiger partial charge on any atom is 0.253 e. The van der Waals surface area contributed by atoms with Gasteiger partial charge in [0.05, 0.1) is 0 Å². The lowest BCUT2D eigenvalue weighted by Gasteiger charge is -2.21. The van der Waals surface area contributed by atoms with Crippen molar-refractivity contribution >= 4 is 29.9 Å². The van der Waals surface area contributed by atoms with E-state index in [1.165, 1.54) is 0 Å². The van der Waals surface area contributed by atoms with E-state index in [0.29, 0.717) is 22.9 Å². The molecule has 2 fully saturated rings. The summed E-state index contributed by atoms with van der Waals surface area (Å²) in [7, 11) is 0. The minimum absolute atomic E-state index is 0. The fraction of sp³-hybridized carbons (Fsp3) is 0.409. The monoisotopic (exact) mass is 420 g/mol. The molecular formula is C22H26Cl2N2O2. The van der Waals surface area contributed by atoms with Crippen LogP contribution in [0.5, 0.6) is 5.75 Å². The van der Waals surface area contributed by atoms with Crippen molar-refractivity contribution < 1.29 is 9.53 Å². The zero-order valence-electron chi connectivity index (χ0n) is 15.8. The van der Waals surface area contributed by atoms with E-state index < -0.39 is 0 Å². The van der Waals surface area contributed by atoms with Gasteiger partial charge in [-0.3, -0.25) is 4.79 Å². The van der Waals surface area contributed by atoms with E-state index in [-0.39, 0.29) is 18.3 Å². The lowest BCUT2D eigenvalue weighted by molar-refractivity contribution is 0.0758. The molecule has 6 heteroatoms. The largest absolute Gasteiger partial charge is 0.489 e. The van der Waals surface area contributed by atoms with Crippen molar-refractivity contribution in [1.82, 2.24) is 10.2 Å². The predicted molar refractivity (Wildman–Crippen MR) is 114 cm³/mol. The highest BCUT2D eigenvalue weighted by Crippen LogP contribution is 2.28. The molecule has 0 aliphatic carbocycles. The van der Waals surface area contributed by atoms with E-state index in [4.69, 9.17) is 16.3 Å². The van der Waals surface area contributed by atoms with Crippen molar-refractivity contribution in [3.05, 3.63) is 64.7 Å². The van der Waals surface area contributed by atoms with Crippen molar-refractivity contribution in [2.45, 2.75) is 19.4 Å². The molecule has 0 spiro atoms. The SMILES string of the molecule is Cl.O=C(c1cccc(OCc2cccc(Cl)c2)c1)N1CC[C@@H]2CNC[C@@H]2CC1. The van der Waals surface area contributed by atoms with Gasteiger partial charge in [0.2, 0.25) is 0 Å². The number of benzene rings is 2. The van der Waals surface area contributed by atoms with E-state index >= 15 is 0 Å². The normalized spacial score (nSPS) is 21.4. The Bertz CT molecular complexity index is 801. The summed E-state index contributed by atoms with van der Waals surface area (Å²) < 4.78 is 5.87. The summed E-state index contributed by atoms with van der Waals surface area (Å²) in [5.41, 5.74) is 1.70. The highest BCUT2D eigenvalue weighted by atomic mass is 35.5. The maximum atomic E-state index is 13.0. The highest BCUT2D eigenvalue weighted by molar-refractivity contribution is 6.30. The molecule has 2 atom stereocenters. The molecule has 1 amide bonds. The van der Waals surface area contributed by atoms with E-state index in [2.05, 4.69) is 5.32 Å². The van der Waals surface area contributed by atoms with Gasteiger partial charge in [0.25, 0.3) is 5.91 Å². The molecule has 2 heterocycles. The number of halogens is 2. The third kappa shape index (κ3) is 4.99. The molecular weight excluding hydrogens is 395 g/mol. The second-order valence-electron chi connectivity index (χ2n) is 7.49. The molecule has 2 aromatic carbocycles. The van der Waals surface area contributed by atoms with Gasteiger partial charge in [-0.15, -0.1) is 12.4 Å². The Morgan fingerprint density at radius 3 is 2.50 bits per heavy atom. The number of nitrogens with one attached hydrogen (secondary N) is 1. The molecule has 2 aliphatic rings. The number of hydrogen-bond donors (Lipinski definition) is 1. The topological polar surface area (TPSA) is 41.6 Å². The zero-order chi connectivity index (χ0) is 18.6. The zero-order valence-corrected chi connectivity index (χ0v) is 17.3. The molecule has 0 radical (unpaired) electrons. The smallest absolute Gasteiger partial charge is 0.253 e. The molecule has 150 valence electrons. The van der Waals surface area contributed by atoms with E-state index in [9.17, 15) is 4.79 Å². The Morgan fingerprint density at radius 2 is 1.79 bits per heavy atom. The Hall–Kier alpha value is -1.75. The van der Waals surface area contributed by atoms with Crippen LogP contribution < -0.4 is 10.1 Å². The van der Waals surface area contributed by atoms with Crippen LogP contribution in [0.1, 0.15) is 28.8 Å². The van der Waals surface area contributed by atoms with E-state index in [1.807, 2.05) is 53.4 Å². The lowest BCUT2D eigenvalue weighted by atomic mass is 9.92. The Morgan fingerprint density at radius 1 is 1.07 bits per heavy atom. The fourth-order valence-corrected chi connectivity index (χ4v) is 4.33. The first-order chi connectivity index (χ1) is 13.2. The van der Waals surface area contributed by atoms with Gasteiger partial charge in [-0.2, -0.15) is 0 Å². The number of likely N-dealkylation sites (tertiary alicyclic amines) is 1. The summed E-state index contributed by atoms with van der Waals surface area (Å²) in [6.45, 7) is 4.31. The summed E-state index contributed by atoms with van der Waals surface area (Å²) in [6.07, 6.45) is 2.18. The first kappa shape index (κ1) is 21.0. The molecule has 0 unspecified atom stereocenters. The van der Waals surface area contributed by atoms with Crippen LogP contribution >= 0.6 is 24.0 Å². The van der Waals surface area contributed by atoms with Crippen molar-refractivity contribution in [3.8, 4) is 5.75 Å². The molecule has 0 aromatic heterocycles. The molecule has 28 heavy (non-hydrogen) atoms. The number of nitrogens with zero attached hydrogens (tertiary/aromatic N) is 1. The molecule has 0 bridgehead atoms. The Kier molecular flexibility index (Phi) is 7.22. The number of ether oxygens (including phenoxy) is 1. The van der Waals surface area contributed by atoms with Gasteiger partial charge in [0.15, 0.2) is 0 Å². The summed E-state index contributed by atoms with van der Waals surface area (Å²) >= 11 is 6.02. The van der Waals surface area contributed by atoms with Crippen LogP contribution in [0.4, 0.5) is 0 Å². The van der Waals surface area contributed by atoms with Gasteiger partial charge in [0, 0.05) is 23.7 Å². The predicted octanol–water partition coefficient (Wildman–Crippen LogP) is 4.41. The van der Waals surface area contributed by atoms with Gasteiger partial charge in [-0.05, 0) is 73.7 Å². The summed E-state index contributed by atoms with van der Waals surface area (Å²) in [5.74, 6) is 2.25. The molecule has 2 saturated heterocycles. The second kappa shape index (κ2) is 9.64.